The Morgan fingerprint density at radius 2 is 2.27 bits per heavy atom. The van der Waals surface area contributed by atoms with Gasteiger partial charge in [-0.05, 0) is 36.0 Å². The zero-order chi connectivity index (χ0) is 10.8. The molecule has 1 aromatic carbocycles. The predicted molar refractivity (Wildman–Crippen MR) is 57.8 cm³/mol. The quantitative estimate of drug-likeness (QED) is 0.777. The highest BCUT2D eigenvalue weighted by molar-refractivity contribution is 5.67. The van der Waals surface area contributed by atoms with E-state index in [1.807, 2.05) is 12.1 Å². The first-order valence-electron chi connectivity index (χ1n) is 5.24. The van der Waals surface area contributed by atoms with Gasteiger partial charge in [0.25, 0.3) is 0 Å². The third kappa shape index (κ3) is 2.18. The normalized spacial score (nSPS) is 18.9. The van der Waals surface area contributed by atoms with Crippen molar-refractivity contribution in [1.82, 2.24) is 0 Å². The van der Waals surface area contributed by atoms with Crippen molar-refractivity contribution in [2.75, 3.05) is 0 Å². The second kappa shape index (κ2) is 4.03. The Bertz CT molecular complexity index is 387. The van der Waals surface area contributed by atoms with Crippen LogP contribution in [0, 0.1) is 0 Å². The van der Waals surface area contributed by atoms with Crippen LogP contribution in [0.25, 0.3) is 0 Å². The number of carboxylic acid groups (broad SMARTS) is 1. The summed E-state index contributed by atoms with van der Waals surface area (Å²) >= 11 is 0. The number of aryl methyl sites for hydroxylation is 1. The Morgan fingerprint density at radius 3 is 3.00 bits per heavy atom. The largest absolute Gasteiger partial charge is 0.481 e. The van der Waals surface area contributed by atoms with Gasteiger partial charge in [-0.3, -0.25) is 4.79 Å². The predicted octanol–water partition coefficient (Wildman–Crippen LogP) is 1.13. The van der Waals surface area contributed by atoms with E-state index < -0.39 is 5.97 Å². The standard InChI is InChI=1S/C12H15NO2/c13-10-6-9-3-1-2-8(11(9)7-10)4-5-12(14)15/h1-3,10H,4-7,13H2,(H,14,15). The first-order valence-corrected chi connectivity index (χ1v) is 5.24. The van der Waals surface area contributed by atoms with Crippen molar-refractivity contribution in [3.05, 3.63) is 34.9 Å². The van der Waals surface area contributed by atoms with Gasteiger partial charge in [-0.2, -0.15) is 0 Å². The summed E-state index contributed by atoms with van der Waals surface area (Å²) in [6, 6.07) is 6.31. The molecule has 0 aliphatic heterocycles. The van der Waals surface area contributed by atoms with Crippen LogP contribution in [0.3, 0.4) is 0 Å². The second-order valence-electron chi connectivity index (χ2n) is 4.12. The van der Waals surface area contributed by atoms with E-state index in [0.717, 1.165) is 18.4 Å². The van der Waals surface area contributed by atoms with Crippen LogP contribution in [0.2, 0.25) is 0 Å². The van der Waals surface area contributed by atoms with Crippen molar-refractivity contribution in [2.45, 2.75) is 31.7 Å². The minimum absolute atomic E-state index is 0.200. The van der Waals surface area contributed by atoms with Gasteiger partial charge in [-0.15, -0.1) is 0 Å². The Kier molecular flexibility index (Phi) is 2.73. The Labute approximate surface area is 88.9 Å². The lowest BCUT2D eigenvalue weighted by molar-refractivity contribution is -0.136. The van der Waals surface area contributed by atoms with Crippen LogP contribution in [-0.2, 0) is 24.1 Å². The molecule has 0 fully saturated rings. The van der Waals surface area contributed by atoms with Gasteiger partial charge in [0.1, 0.15) is 0 Å². The molecular weight excluding hydrogens is 190 g/mol. The SMILES string of the molecule is NC1Cc2cccc(CCC(=O)O)c2C1. The maximum Gasteiger partial charge on any atom is 0.303 e. The summed E-state index contributed by atoms with van der Waals surface area (Å²) in [7, 11) is 0. The molecule has 1 unspecified atom stereocenters. The Balaban J connectivity index is 2.19. The molecule has 0 saturated heterocycles. The number of benzene rings is 1. The lowest BCUT2D eigenvalue weighted by Gasteiger charge is -2.06. The summed E-state index contributed by atoms with van der Waals surface area (Å²) < 4.78 is 0. The fourth-order valence-corrected chi connectivity index (χ4v) is 2.23. The molecule has 80 valence electrons. The summed E-state index contributed by atoms with van der Waals surface area (Å²) in [5.74, 6) is -0.741. The smallest absolute Gasteiger partial charge is 0.303 e. The van der Waals surface area contributed by atoms with Crippen molar-refractivity contribution in [3.63, 3.8) is 0 Å². The molecule has 0 heterocycles. The average molecular weight is 205 g/mol. The zero-order valence-electron chi connectivity index (χ0n) is 8.57. The first kappa shape index (κ1) is 10.2. The fraction of sp³-hybridized carbons (Fsp3) is 0.417. The molecule has 3 N–H and O–H groups in total. The van der Waals surface area contributed by atoms with Gasteiger partial charge in [-0.1, -0.05) is 18.2 Å². The van der Waals surface area contributed by atoms with Crippen molar-refractivity contribution in [2.24, 2.45) is 5.73 Å². The summed E-state index contributed by atoms with van der Waals surface area (Å²) in [5, 5.41) is 8.65. The van der Waals surface area contributed by atoms with Crippen molar-refractivity contribution >= 4 is 5.97 Å². The van der Waals surface area contributed by atoms with Crippen molar-refractivity contribution in [3.8, 4) is 0 Å². The molecule has 0 aromatic heterocycles. The van der Waals surface area contributed by atoms with Gasteiger partial charge in [0.15, 0.2) is 0 Å². The Morgan fingerprint density at radius 1 is 1.47 bits per heavy atom. The first-order chi connectivity index (χ1) is 7.16. The third-order valence-electron chi connectivity index (χ3n) is 2.93. The molecule has 0 bridgehead atoms. The highest BCUT2D eigenvalue weighted by atomic mass is 16.4. The van der Waals surface area contributed by atoms with Crippen LogP contribution in [0.1, 0.15) is 23.1 Å². The van der Waals surface area contributed by atoms with Gasteiger partial charge in [0.05, 0.1) is 0 Å². The Hall–Kier alpha value is -1.35. The van der Waals surface area contributed by atoms with Crippen molar-refractivity contribution < 1.29 is 9.90 Å². The molecule has 2 rings (SSSR count). The summed E-state index contributed by atoms with van der Waals surface area (Å²) in [6.45, 7) is 0. The number of hydrogen-bond donors (Lipinski definition) is 2. The number of carbonyl (C=O) groups is 1. The number of rotatable bonds is 3. The minimum atomic E-state index is -0.741. The van der Waals surface area contributed by atoms with E-state index >= 15 is 0 Å². The van der Waals surface area contributed by atoms with E-state index in [1.54, 1.807) is 0 Å². The highest BCUT2D eigenvalue weighted by Crippen LogP contribution is 2.25. The minimum Gasteiger partial charge on any atom is -0.481 e. The topological polar surface area (TPSA) is 63.3 Å². The molecule has 0 amide bonds. The van der Waals surface area contributed by atoms with Crippen LogP contribution >= 0.6 is 0 Å². The summed E-state index contributed by atoms with van der Waals surface area (Å²) in [4.78, 5) is 10.5. The number of carboxylic acids is 1. The van der Waals surface area contributed by atoms with Crippen molar-refractivity contribution in [1.29, 1.82) is 0 Å². The van der Waals surface area contributed by atoms with Gasteiger partial charge in [0.2, 0.25) is 0 Å². The molecule has 1 aromatic rings. The zero-order valence-corrected chi connectivity index (χ0v) is 8.57. The number of hydrogen-bond acceptors (Lipinski definition) is 2. The molecule has 15 heavy (non-hydrogen) atoms. The summed E-state index contributed by atoms with van der Waals surface area (Å²) in [5.41, 5.74) is 9.63. The van der Waals surface area contributed by atoms with Crippen LogP contribution in [0.5, 0.6) is 0 Å². The number of fused-ring (bicyclic) bond motifs is 1. The molecule has 1 atom stereocenters. The molecule has 0 spiro atoms. The maximum atomic E-state index is 10.5. The molecule has 3 nitrogen and oxygen atoms in total. The monoisotopic (exact) mass is 205 g/mol. The van der Waals surface area contributed by atoms with Gasteiger partial charge in [-0.25, -0.2) is 0 Å². The van der Waals surface area contributed by atoms with E-state index in [-0.39, 0.29) is 12.5 Å². The molecular formula is C12H15NO2. The van der Waals surface area contributed by atoms with E-state index in [2.05, 4.69) is 6.07 Å². The highest BCUT2D eigenvalue weighted by Gasteiger charge is 2.20. The van der Waals surface area contributed by atoms with E-state index in [9.17, 15) is 4.79 Å². The lowest BCUT2D eigenvalue weighted by Crippen LogP contribution is -2.19. The molecule has 1 aliphatic carbocycles. The van der Waals surface area contributed by atoms with Gasteiger partial charge < -0.3 is 10.8 Å². The maximum absolute atomic E-state index is 10.5. The third-order valence-corrected chi connectivity index (χ3v) is 2.93. The molecule has 0 radical (unpaired) electrons. The lowest BCUT2D eigenvalue weighted by atomic mass is 10.00. The average Bonchev–Trinajstić information content (AvgIpc) is 2.55. The molecule has 3 heteroatoms. The van der Waals surface area contributed by atoms with Gasteiger partial charge in [0, 0.05) is 12.5 Å². The number of nitrogens with two attached hydrogens (primary N) is 1. The van der Waals surface area contributed by atoms with Gasteiger partial charge >= 0.3 is 5.97 Å². The molecule has 0 saturated carbocycles. The van der Waals surface area contributed by atoms with E-state index in [1.165, 1.54) is 11.1 Å². The van der Waals surface area contributed by atoms with Crippen LogP contribution < -0.4 is 5.73 Å². The van der Waals surface area contributed by atoms with Crippen LogP contribution in [0.4, 0.5) is 0 Å². The fourth-order valence-electron chi connectivity index (χ4n) is 2.23. The van der Waals surface area contributed by atoms with E-state index in [0.29, 0.717) is 6.42 Å². The summed E-state index contributed by atoms with van der Waals surface area (Å²) in [6.07, 6.45) is 2.64. The number of aliphatic carboxylic acids is 1. The molecule has 1 aliphatic rings. The second-order valence-corrected chi connectivity index (χ2v) is 4.12. The van der Waals surface area contributed by atoms with Crippen LogP contribution in [0.15, 0.2) is 18.2 Å². The van der Waals surface area contributed by atoms with Crippen LogP contribution in [-0.4, -0.2) is 17.1 Å². The van der Waals surface area contributed by atoms with E-state index in [4.69, 9.17) is 10.8 Å².